The molecule has 11 nitrogen and oxygen atoms in total. The van der Waals surface area contributed by atoms with E-state index >= 15 is 0 Å². The van der Waals surface area contributed by atoms with E-state index in [4.69, 9.17) is 28.8 Å². The highest BCUT2D eigenvalue weighted by Crippen LogP contribution is 2.38. The van der Waals surface area contributed by atoms with Crippen molar-refractivity contribution >= 4 is 11.9 Å². The second-order valence-corrected chi connectivity index (χ2v) is 16.6. The topological polar surface area (TPSA) is 161 Å². The summed E-state index contributed by atoms with van der Waals surface area (Å²) in [6.45, 7) is 8.15. The Bertz CT molecular complexity index is 1570. The van der Waals surface area contributed by atoms with Crippen molar-refractivity contribution in [2.24, 2.45) is 17.8 Å². The molecule has 15 atom stereocenters. The maximum atomic E-state index is 13.0. The van der Waals surface area contributed by atoms with Crippen molar-refractivity contribution in [1.29, 1.82) is 0 Å². The van der Waals surface area contributed by atoms with Crippen molar-refractivity contribution < 1.29 is 53.7 Å². The summed E-state index contributed by atoms with van der Waals surface area (Å²) in [5.74, 6) is -1.09. The van der Waals surface area contributed by atoms with Crippen LogP contribution in [-0.4, -0.2) is 106 Å². The molecule has 0 radical (unpaired) electrons. The van der Waals surface area contributed by atoms with Crippen LogP contribution >= 0.6 is 0 Å². The van der Waals surface area contributed by atoms with E-state index in [1.54, 1.807) is 18.2 Å². The van der Waals surface area contributed by atoms with Crippen molar-refractivity contribution in [1.82, 2.24) is 0 Å². The number of carboxylic acid groups (broad SMARTS) is 1. The summed E-state index contributed by atoms with van der Waals surface area (Å²) >= 11 is 0. The SMILES string of the molecule is C/C(=C/[C@@H](C)CCCCC(=O)O)[C@H]1O[C@@H]2C=C[C@@H]1OC(=O)\C=C/C=C\C=C/[C@@H]1O[C@@H]3C[C@H]1O[C@@H](/C=C/C[C@H]1O[C@@H](C[C@H](O)[C@@H]1C)[C@H](O)[C@H](O)/C=C/CC/C=C/C2)[C@@H]3C. The molecule has 0 saturated carbocycles. The number of aliphatic carboxylic acids is 1. The molecular weight excluding hydrogens is 741 g/mol. The minimum atomic E-state index is -1.18. The van der Waals surface area contributed by atoms with Crippen LogP contribution < -0.4 is 0 Å². The number of ether oxygens (including phenoxy) is 5. The van der Waals surface area contributed by atoms with E-state index < -0.39 is 48.6 Å². The van der Waals surface area contributed by atoms with E-state index in [1.807, 2.05) is 62.5 Å². The van der Waals surface area contributed by atoms with Crippen molar-refractivity contribution in [3.63, 3.8) is 0 Å². The largest absolute Gasteiger partial charge is 0.481 e. The molecule has 3 fully saturated rings. The molecular formula is C47H66O11. The maximum absolute atomic E-state index is 13.0. The summed E-state index contributed by atoms with van der Waals surface area (Å²) in [6, 6.07) is 0. The minimum absolute atomic E-state index is 0.0508. The molecule has 0 aromatic heterocycles. The quantitative estimate of drug-likeness (QED) is 0.122. The van der Waals surface area contributed by atoms with Gasteiger partial charge in [0.1, 0.15) is 24.4 Å². The normalized spacial score (nSPS) is 41.7. The van der Waals surface area contributed by atoms with Crippen molar-refractivity contribution in [3.05, 3.63) is 96.7 Å². The zero-order valence-electron chi connectivity index (χ0n) is 34.5. The predicted molar refractivity (Wildman–Crippen MR) is 222 cm³/mol. The van der Waals surface area contributed by atoms with Gasteiger partial charge in [-0.3, -0.25) is 4.79 Å². The molecule has 6 aliphatic heterocycles. The number of carbonyl (C=O) groups is 2. The average Bonchev–Trinajstić information content (AvgIpc) is 3.54. The van der Waals surface area contributed by atoms with Gasteiger partial charge in [-0.05, 0) is 63.0 Å². The molecule has 4 N–H and O–H groups in total. The lowest BCUT2D eigenvalue weighted by molar-refractivity contribution is -0.175. The van der Waals surface area contributed by atoms with E-state index in [0.717, 1.165) is 31.3 Å². The fourth-order valence-electron chi connectivity index (χ4n) is 8.38. The van der Waals surface area contributed by atoms with Gasteiger partial charge in [-0.2, -0.15) is 0 Å². The van der Waals surface area contributed by atoms with Gasteiger partial charge >= 0.3 is 11.9 Å². The van der Waals surface area contributed by atoms with E-state index in [0.29, 0.717) is 25.7 Å². The Morgan fingerprint density at radius 2 is 1.53 bits per heavy atom. The van der Waals surface area contributed by atoms with E-state index in [2.05, 4.69) is 32.1 Å². The molecule has 0 spiro atoms. The summed E-state index contributed by atoms with van der Waals surface area (Å²) in [5.41, 5.74) is 0.945. The lowest BCUT2D eigenvalue weighted by Gasteiger charge is -2.40. The van der Waals surface area contributed by atoms with E-state index in [-0.39, 0.29) is 67.2 Å². The average molecular weight is 807 g/mol. The first-order chi connectivity index (χ1) is 27.9. The van der Waals surface area contributed by atoms with Crippen LogP contribution in [0, 0.1) is 17.8 Å². The van der Waals surface area contributed by atoms with Crippen molar-refractivity contribution in [2.75, 3.05) is 0 Å². The highest BCUT2D eigenvalue weighted by Gasteiger charge is 2.45. The summed E-state index contributed by atoms with van der Waals surface area (Å²) in [5, 5.41) is 41.7. The van der Waals surface area contributed by atoms with Crippen LogP contribution in [0.5, 0.6) is 0 Å². The maximum Gasteiger partial charge on any atom is 0.331 e. The highest BCUT2D eigenvalue weighted by molar-refractivity contribution is 5.82. The fourth-order valence-corrected chi connectivity index (χ4v) is 8.38. The molecule has 11 heteroatoms. The van der Waals surface area contributed by atoms with Gasteiger partial charge in [0.2, 0.25) is 0 Å². The van der Waals surface area contributed by atoms with Crippen LogP contribution in [0.3, 0.4) is 0 Å². The van der Waals surface area contributed by atoms with Gasteiger partial charge in [0.25, 0.3) is 0 Å². The summed E-state index contributed by atoms with van der Waals surface area (Å²) in [4.78, 5) is 23.9. The third-order valence-corrected chi connectivity index (χ3v) is 12.0. The standard InChI is InChI=1S/C47H66O11/c1-30(17-14-15-23-44(50)51)27-31(2)47-40-26-25-34(54-47)18-10-6-5-7-11-19-35(48)46(53)43-28-36(49)32(3)37(56-43)21-16-22-38-33(4)41-29-42(55-38)39(57-41)20-12-8-9-13-24-45(52)58-40/h6,8-13,16,19-20,22,24-27,30,32-43,46-49,53H,5,7,14-15,17-18,21,23,28-29H2,1-4H3,(H,50,51)/b9-8-,10-6+,19-11+,20-12-,22-16+,24-13-,31-27-/t30-,32-,33-,34-,35+,36-,37+,38-,39-,40-,41+,42+,43-,46+,47+/m0/s1. The van der Waals surface area contributed by atoms with Crippen LogP contribution in [0.15, 0.2) is 96.7 Å². The first-order valence-electron chi connectivity index (χ1n) is 21.3. The number of rotatable bonds is 7. The summed E-state index contributed by atoms with van der Waals surface area (Å²) in [7, 11) is 0. The van der Waals surface area contributed by atoms with Gasteiger partial charge in [-0.15, -0.1) is 0 Å². The lowest BCUT2D eigenvalue weighted by atomic mass is 9.85. The lowest BCUT2D eigenvalue weighted by Crippen LogP contribution is -2.50. The van der Waals surface area contributed by atoms with E-state index in [9.17, 15) is 24.9 Å². The van der Waals surface area contributed by atoms with Gasteiger partial charge in [-0.25, -0.2) is 4.79 Å². The van der Waals surface area contributed by atoms with Gasteiger partial charge in [0, 0.05) is 37.2 Å². The molecule has 0 aliphatic carbocycles. The Labute approximate surface area is 344 Å². The number of unbranched alkanes of at least 4 members (excludes halogenated alkanes) is 1. The molecule has 6 heterocycles. The summed E-state index contributed by atoms with van der Waals surface area (Å²) < 4.78 is 31.5. The number of aliphatic hydroxyl groups excluding tert-OH is 3. The fraction of sp³-hybridized carbons (Fsp3) is 0.617. The van der Waals surface area contributed by atoms with Gasteiger partial charge in [-0.1, -0.05) is 106 Å². The Balaban J connectivity index is 1.29. The van der Waals surface area contributed by atoms with Gasteiger partial charge in [0.05, 0.1) is 42.7 Å². The third-order valence-electron chi connectivity index (χ3n) is 12.0. The summed E-state index contributed by atoms with van der Waals surface area (Å²) in [6.07, 6.45) is 28.3. The van der Waals surface area contributed by atoms with Crippen molar-refractivity contribution in [2.45, 2.75) is 165 Å². The second-order valence-electron chi connectivity index (χ2n) is 16.6. The monoisotopic (exact) mass is 806 g/mol. The number of allylic oxidation sites excluding steroid dienone is 7. The smallest absolute Gasteiger partial charge is 0.331 e. The molecule has 320 valence electrons. The van der Waals surface area contributed by atoms with Crippen LogP contribution in [0.2, 0.25) is 0 Å². The highest BCUT2D eigenvalue weighted by atomic mass is 16.6. The third kappa shape index (κ3) is 13.6. The second kappa shape index (κ2) is 22.8. The van der Waals surface area contributed by atoms with Crippen molar-refractivity contribution in [3.8, 4) is 0 Å². The Kier molecular flexibility index (Phi) is 18.0. The Morgan fingerprint density at radius 3 is 2.34 bits per heavy atom. The Hall–Kier alpha value is -3.42. The first-order valence-corrected chi connectivity index (χ1v) is 21.3. The number of aliphatic hydroxyl groups is 3. The van der Waals surface area contributed by atoms with Crippen LogP contribution in [-0.2, 0) is 33.3 Å². The molecule has 0 amide bonds. The minimum Gasteiger partial charge on any atom is -0.481 e. The van der Waals surface area contributed by atoms with Crippen LogP contribution in [0.25, 0.3) is 0 Å². The first kappa shape index (κ1) is 45.7. The molecule has 7 bridgehead atoms. The van der Waals surface area contributed by atoms with E-state index in [1.165, 1.54) is 6.08 Å². The molecule has 0 aromatic carbocycles. The molecule has 58 heavy (non-hydrogen) atoms. The van der Waals surface area contributed by atoms with Gasteiger partial charge in [0.15, 0.2) is 6.10 Å². The molecule has 3 saturated heterocycles. The molecule has 0 aromatic rings. The zero-order valence-corrected chi connectivity index (χ0v) is 34.5. The van der Waals surface area contributed by atoms with Gasteiger partial charge < -0.3 is 44.1 Å². The number of hydrogen-bond donors (Lipinski definition) is 4. The number of hydrogen-bond acceptors (Lipinski definition) is 10. The zero-order chi connectivity index (χ0) is 41.6. The van der Waals surface area contributed by atoms with Crippen LogP contribution in [0.1, 0.15) is 91.9 Å². The predicted octanol–water partition coefficient (Wildman–Crippen LogP) is 6.80. The number of carboxylic acids is 1. The molecule has 0 unspecified atom stereocenters. The number of fused-ring (bicyclic) bond motifs is 13. The molecule has 6 aliphatic rings. The Morgan fingerprint density at radius 1 is 0.759 bits per heavy atom. The molecule has 6 rings (SSSR count). The van der Waals surface area contributed by atoms with Crippen LogP contribution in [0.4, 0.5) is 0 Å². The number of carbonyl (C=O) groups excluding carboxylic acids is 1. The number of esters is 1.